The van der Waals surface area contributed by atoms with E-state index in [1.807, 2.05) is 62.4 Å². The van der Waals surface area contributed by atoms with Gasteiger partial charge < -0.3 is 24.8 Å². The zero-order valence-electron chi connectivity index (χ0n) is 15.8. The number of nitrogens with one attached hydrogen (secondary N) is 2. The molecular weight excluding hydrogens is 330 g/mol. The third-order valence-electron chi connectivity index (χ3n) is 3.59. The van der Waals surface area contributed by atoms with Gasteiger partial charge in [0.15, 0.2) is 17.5 Å². The van der Waals surface area contributed by atoms with Crippen LogP contribution in [0.25, 0.3) is 0 Å². The molecule has 0 aliphatic carbocycles. The molecule has 2 N–H and O–H groups in total. The monoisotopic (exact) mass is 357 g/mol. The molecule has 0 fully saturated rings. The van der Waals surface area contributed by atoms with Crippen LogP contribution in [0.4, 0.5) is 5.69 Å². The van der Waals surface area contributed by atoms with E-state index in [-0.39, 0.29) is 6.10 Å². The summed E-state index contributed by atoms with van der Waals surface area (Å²) in [7, 11) is 3.35. The SMILES string of the molecule is CCOc1cc(NC(=NC)NCC(C)Oc2ccccc2)ccc1OC. The summed E-state index contributed by atoms with van der Waals surface area (Å²) in [5.74, 6) is 2.89. The van der Waals surface area contributed by atoms with Crippen molar-refractivity contribution in [3.63, 3.8) is 0 Å². The first-order valence-corrected chi connectivity index (χ1v) is 8.66. The van der Waals surface area contributed by atoms with Gasteiger partial charge in [-0.05, 0) is 38.1 Å². The number of para-hydroxylation sites is 1. The van der Waals surface area contributed by atoms with Crippen molar-refractivity contribution in [2.45, 2.75) is 20.0 Å². The minimum atomic E-state index is -0.00852. The highest BCUT2D eigenvalue weighted by Crippen LogP contribution is 2.30. The first-order chi connectivity index (χ1) is 12.7. The van der Waals surface area contributed by atoms with E-state index in [0.29, 0.717) is 30.6 Å². The Kier molecular flexibility index (Phi) is 7.61. The van der Waals surface area contributed by atoms with E-state index in [4.69, 9.17) is 14.2 Å². The van der Waals surface area contributed by atoms with Crippen LogP contribution in [0.15, 0.2) is 53.5 Å². The summed E-state index contributed by atoms with van der Waals surface area (Å²) in [5, 5.41) is 6.51. The van der Waals surface area contributed by atoms with Crippen molar-refractivity contribution in [2.24, 2.45) is 4.99 Å². The molecule has 1 atom stereocenters. The first kappa shape index (κ1) is 19.4. The maximum absolute atomic E-state index is 5.86. The number of nitrogens with zero attached hydrogens (tertiary/aromatic N) is 1. The molecule has 2 aromatic carbocycles. The zero-order valence-corrected chi connectivity index (χ0v) is 15.8. The van der Waals surface area contributed by atoms with Crippen molar-refractivity contribution in [2.75, 3.05) is 32.6 Å². The average molecular weight is 357 g/mol. The van der Waals surface area contributed by atoms with Gasteiger partial charge in [0.2, 0.25) is 0 Å². The molecule has 0 spiro atoms. The van der Waals surface area contributed by atoms with Crippen LogP contribution in [0, 0.1) is 0 Å². The van der Waals surface area contributed by atoms with Crippen molar-refractivity contribution in [3.8, 4) is 17.2 Å². The van der Waals surface area contributed by atoms with E-state index in [1.165, 1.54) is 0 Å². The Morgan fingerprint density at radius 1 is 1.12 bits per heavy atom. The molecule has 0 aliphatic heterocycles. The van der Waals surface area contributed by atoms with E-state index in [0.717, 1.165) is 11.4 Å². The average Bonchev–Trinajstić information content (AvgIpc) is 2.66. The number of anilines is 1. The van der Waals surface area contributed by atoms with Crippen LogP contribution in [0.2, 0.25) is 0 Å². The zero-order chi connectivity index (χ0) is 18.8. The molecule has 0 saturated heterocycles. The molecule has 1 unspecified atom stereocenters. The third-order valence-corrected chi connectivity index (χ3v) is 3.59. The molecule has 0 aromatic heterocycles. The number of aliphatic imine (C=N–C) groups is 1. The van der Waals surface area contributed by atoms with Gasteiger partial charge in [-0.3, -0.25) is 4.99 Å². The van der Waals surface area contributed by atoms with Crippen LogP contribution in [0.1, 0.15) is 13.8 Å². The van der Waals surface area contributed by atoms with Gasteiger partial charge in [-0.2, -0.15) is 0 Å². The van der Waals surface area contributed by atoms with Gasteiger partial charge in [-0.1, -0.05) is 18.2 Å². The van der Waals surface area contributed by atoms with Gasteiger partial charge in [-0.15, -0.1) is 0 Å². The molecule has 0 aliphatic rings. The Labute approximate surface area is 155 Å². The quantitative estimate of drug-likeness (QED) is 0.559. The van der Waals surface area contributed by atoms with Crippen molar-refractivity contribution in [1.82, 2.24) is 5.32 Å². The number of guanidine groups is 1. The number of hydrogen-bond donors (Lipinski definition) is 2. The molecule has 2 aromatic rings. The maximum Gasteiger partial charge on any atom is 0.195 e. The van der Waals surface area contributed by atoms with Crippen LogP contribution in [0.5, 0.6) is 17.2 Å². The number of methoxy groups -OCH3 is 1. The van der Waals surface area contributed by atoms with Crippen LogP contribution in [0.3, 0.4) is 0 Å². The fourth-order valence-corrected chi connectivity index (χ4v) is 2.35. The predicted molar refractivity (Wildman–Crippen MR) is 106 cm³/mol. The Morgan fingerprint density at radius 3 is 2.54 bits per heavy atom. The standard InChI is InChI=1S/C20H27N3O3/c1-5-25-19-13-16(11-12-18(19)24-4)23-20(21-3)22-14-15(2)26-17-9-7-6-8-10-17/h6-13,15H,5,14H2,1-4H3,(H2,21,22,23). The lowest BCUT2D eigenvalue weighted by Gasteiger charge is -2.18. The number of hydrogen-bond acceptors (Lipinski definition) is 4. The largest absolute Gasteiger partial charge is 0.493 e. The molecule has 26 heavy (non-hydrogen) atoms. The van der Waals surface area contributed by atoms with E-state index in [2.05, 4.69) is 15.6 Å². The van der Waals surface area contributed by atoms with Gasteiger partial charge in [0.1, 0.15) is 11.9 Å². The van der Waals surface area contributed by atoms with Crippen LogP contribution < -0.4 is 24.8 Å². The van der Waals surface area contributed by atoms with E-state index < -0.39 is 0 Å². The second-order valence-electron chi connectivity index (χ2n) is 5.62. The first-order valence-electron chi connectivity index (χ1n) is 8.66. The molecule has 2 rings (SSSR count). The lowest BCUT2D eigenvalue weighted by molar-refractivity contribution is 0.224. The normalized spacial score (nSPS) is 12.2. The number of benzene rings is 2. The minimum absolute atomic E-state index is 0.00852. The Balaban J connectivity index is 1.92. The summed E-state index contributed by atoms with van der Waals surface area (Å²) in [6.07, 6.45) is -0.00852. The lowest BCUT2D eigenvalue weighted by Crippen LogP contribution is -2.37. The summed E-state index contributed by atoms with van der Waals surface area (Å²) < 4.78 is 16.8. The van der Waals surface area contributed by atoms with E-state index >= 15 is 0 Å². The summed E-state index contributed by atoms with van der Waals surface area (Å²) in [4.78, 5) is 4.25. The Bertz CT molecular complexity index is 705. The predicted octanol–water partition coefficient (Wildman–Crippen LogP) is 3.55. The summed E-state index contributed by atoms with van der Waals surface area (Å²) >= 11 is 0. The highest BCUT2D eigenvalue weighted by atomic mass is 16.5. The van der Waals surface area contributed by atoms with Crippen molar-refractivity contribution in [1.29, 1.82) is 0 Å². The molecule has 6 heteroatoms. The minimum Gasteiger partial charge on any atom is -0.493 e. The van der Waals surface area contributed by atoms with Crippen molar-refractivity contribution in [3.05, 3.63) is 48.5 Å². The van der Waals surface area contributed by atoms with Gasteiger partial charge in [0.05, 0.1) is 20.3 Å². The molecule has 140 valence electrons. The second kappa shape index (κ2) is 10.2. The fraction of sp³-hybridized carbons (Fsp3) is 0.350. The molecule has 0 heterocycles. The summed E-state index contributed by atoms with van der Waals surface area (Å²) in [6.45, 7) is 5.13. The van der Waals surface area contributed by atoms with Gasteiger partial charge in [0, 0.05) is 18.8 Å². The maximum atomic E-state index is 5.86. The van der Waals surface area contributed by atoms with Crippen LogP contribution in [-0.2, 0) is 0 Å². The summed E-state index contributed by atoms with van der Waals surface area (Å²) in [5.41, 5.74) is 0.860. The lowest BCUT2D eigenvalue weighted by atomic mass is 10.2. The highest BCUT2D eigenvalue weighted by molar-refractivity contribution is 5.93. The Morgan fingerprint density at radius 2 is 1.88 bits per heavy atom. The number of ether oxygens (including phenoxy) is 3. The number of rotatable bonds is 8. The molecule has 6 nitrogen and oxygen atoms in total. The van der Waals surface area contributed by atoms with E-state index in [1.54, 1.807) is 14.2 Å². The van der Waals surface area contributed by atoms with Gasteiger partial charge >= 0.3 is 0 Å². The molecule has 0 saturated carbocycles. The smallest absolute Gasteiger partial charge is 0.195 e. The fourth-order valence-electron chi connectivity index (χ4n) is 2.35. The highest BCUT2D eigenvalue weighted by Gasteiger charge is 2.09. The topological polar surface area (TPSA) is 64.1 Å². The van der Waals surface area contributed by atoms with Gasteiger partial charge in [-0.25, -0.2) is 0 Å². The molecule has 0 amide bonds. The van der Waals surface area contributed by atoms with Crippen LogP contribution in [-0.4, -0.2) is 39.4 Å². The molecule has 0 radical (unpaired) electrons. The third kappa shape index (κ3) is 5.88. The summed E-state index contributed by atoms with van der Waals surface area (Å²) in [6, 6.07) is 15.4. The Hall–Kier alpha value is -2.89. The van der Waals surface area contributed by atoms with Crippen LogP contribution >= 0.6 is 0 Å². The van der Waals surface area contributed by atoms with Crippen molar-refractivity contribution >= 4 is 11.6 Å². The molecule has 0 bridgehead atoms. The van der Waals surface area contributed by atoms with E-state index in [9.17, 15) is 0 Å². The molecular formula is C20H27N3O3. The van der Waals surface area contributed by atoms with Gasteiger partial charge in [0.25, 0.3) is 0 Å². The van der Waals surface area contributed by atoms with Crippen molar-refractivity contribution < 1.29 is 14.2 Å². The second-order valence-corrected chi connectivity index (χ2v) is 5.62.